The molecule has 5 rings (SSSR count). The number of cyclic esters (lactones) is 1. The van der Waals surface area contributed by atoms with E-state index in [0.717, 1.165) is 22.1 Å². The van der Waals surface area contributed by atoms with E-state index in [4.69, 9.17) is 19.6 Å². The zero-order valence-corrected chi connectivity index (χ0v) is 49.2. The molecule has 11 N–H and O–H groups in total. The Hall–Kier alpha value is -6.28. The Morgan fingerprint density at radius 3 is 2.14 bits per heavy atom. The van der Waals surface area contributed by atoms with Crippen LogP contribution in [0, 0.1) is 24.1 Å². The number of hydrogen-bond acceptors (Lipinski definition) is 17. The van der Waals surface area contributed by atoms with Crippen LogP contribution in [-0.2, 0) is 74.6 Å². The number of aliphatic hydroxyl groups excluding tert-OH is 5. The highest BCUT2D eigenvalue weighted by Crippen LogP contribution is 2.42. The van der Waals surface area contributed by atoms with Gasteiger partial charge in [-0.25, -0.2) is 14.2 Å². The first-order valence-electron chi connectivity index (χ1n) is 28.9. The smallest absolute Gasteiger partial charge is 0.343 e. The van der Waals surface area contributed by atoms with Crippen molar-refractivity contribution in [3.8, 4) is 11.4 Å². The summed E-state index contributed by atoms with van der Waals surface area (Å²) in [5.74, 6) is -5.16. The molecule has 0 radical (unpaired) electrons. The summed E-state index contributed by atoms with van der Waals surface area (Å²) in [4.78, 5) is 111. The van der Waals surface area contributed by atoms with E-state index in [-0.39, 0.29) is 69.1 Å². The molecule has 4 heterocycles. The number of aryl methyl sites for hydroxylation is 2. The number of esters is 1. The molecule has 0 saturated carbocycles. The molecule has 23 nitrogen and oxygen atoms in total. The van der Waals surface area contributed by atoms with Gasteiger partial charge in [0.15, 0.2) is 5.60 Å². The predicted octanol–water partition coefficient (Wildman–Crippen LogP) is 1.92. The number of ketones is 1. The lowest BCUT2D eigenvalue weighted by Gasteiger charge is -2.31. The van der Waals surface area contributed by atoms with Gasteiger partial charge < -0.3 is 71.3 Å². The van der Waals surface area contributed by atoms with Gasteiger partial charge in [-0.3, -0.25) is 33.6 Å². The van der Waals surface area contributed by atoms with E-state index in [9.17, 15) is 63.9 Å². The molecule has 2 aliphatic heterocycles. The highest BCUT2D eigenvalue weighted by atomic mass is 19.1. The first-order chi connectivity index (χ1) is 39.2. The second-order valence-corrected chi connectivity index (χ2v) is 22.4. The number of nitrogens with zero attached hydrogens (tertiary/aromatic N) is 2. The van der Waals surface area contributed by atoms with Gasteiger partial charge in [0, 0.05) is 60.4 Å². The summed E-state index contributed by atoms with van der Waals surface area (Å²) >= 11 is 0. The number of carbonyl (C=O) groups is 7. The third kappa shape index (κ3) is 15.9. The molecular formula is C59H86FN7O16. The molecule has 5 amide bonds. The van der Waals surface area contributed by atoms with E-state index in [1.54, 1.807) is 38.3 Å². The highest BCUT2D eigenvalue weighted by molar-refractivity contribution is 5.95. The number of fused-ring (bicyclic) bond motifs is 5. The Balaban J connectivity index is 1.15. The largest absolute Gasteiger partial charge is 0.458 e. The second-order valence-electron chi connectivity index (χ2n) is 22.4. The number of benzene rings is 1. The van der Waals surface area contributed by atoms with Crippen molar-refractivity contribution in [1.82, 2.24) is 36.1 Å². The lowest BCUT2D eigenvalue weighted by Crippen LogP contribution is -2.58. The lowest BCUT2D eigenvalue weighted by atomic mass is 9.78. The summed E-state index contributed by atoms with van der Waals surface area (Å²) in [7, 11) is 0. The summed E-state index contributed by atoms with van der Waals surface area (Å²) in [5.41, 5.74) is 1.80. The number of rotatable bonds is 33. The van der Waals surface area contributed by atoms with Gasteiger partial charge in [0.05, 0.1) is 41.7 Å². The maximum absolute atomic E-state index is 15.7. The van der Waals surface area contributed by atoms with E-state index >= 15 is 4.39 Å². The van der Waals surface area contributed by atoms with Crippen molar-refractivity contribution >= 4 is 52.2 Å². The minimum Gasteiger partial charge on any atom is -0.458 e. The van der Waals surface area contributed by atoms with Crippen molar-refractivity contribution < 1.29 is 78.1 Å². The standard InChI is InChI=1S/C59H86FN7O16/c1-10-34-36-27-67-42(24-38-37(56(67)79)29-83-57(80)59(38,81)13-4)50(36)65-41-25-39(60)32(7)35(48(34)41)18-16-17-23-82-30-62-53(76)33(8)63-55(78)49(31(5)6)66-54(77)40(64-47(73)20-15-14-19-45(71)58(9,11-2)12-3)21-22-46(72)61-26-43(69)51(74)52(75)44(70)28-68/h24-25,31,33,40,43-44,49,51-52,68-70,74-75,81H,10-23,26-30H2,1-9H3,(H,61,72)(H,62,76)(H,63,78)(H,64,73)(H,66,77)/t33-,40-,43-,44+,49-,51+,52+,59-/m0/s1. The molecule has 460 valence electrons. The van der Waals surface area contributed by atoms with Crippen molar-refractivity contribution in [2.45, 2.75) is 207 Å². The summed E-state index contributed by atoms with van der Waals surface area (Å²) in [5, 5.41) is 73.9. The molecular weight excluding hydrogens is 1080 g/mol. The zero-order valence-electron chi connectivity index (χ0n) is 49.2. The van der Waals surface area contributed by atoms with E-state index in [1.807, 2.05) is 27.7 Å². The number of ether oxygens (including phenoxy) is 2. The first-order valence-corrected chi connectivity index (χ1v) is 28.9. The molecule has 8 atom stereocenters. The van der Waals surface area contributed by atoms with Crippen molar-refractivity contribution in [1.29, 1.82) is 0 Å². The second kappa shape index (κ2) is 30.0. The molecule has 0 aliphatic carbocycles. The van der Waals surface area contributed by atoms with Crippen molar-refractivity contribution in [2.24, 2.45) is 11.3 Å². The van der Waals surface area contributed by atoms with Crippen molar-refractivity contribution in [2.75, 3.05) is 26.5 Å². The Morgan fingerprint density at radius 1 is 0.831 bits per heavy atom. The van der Waals surface area contributed by atoms with E-state index in [2.05, 4.69) is 26.6 Å². The predicted molar refractivity (Wildman–Crippen MR) is 302 cm³/mol. The van der Waals surface area contributed by atoms with E-state index in [1.165, 1.54) is 13.0 Å². The molecule has 0 unspecified atom stereocenters. The van der Waals surface area contributed by atoms with Crippen LogP contribution in [0.1, 0.15) is 159 Å². The maximum Gasteiger partial charge on any atom is 0.343 e. The monoisotopic (exact) mass is 1170 g/mol. The number of aliphatic hydroxyl groups is 6. The number of halogens is 1. The molecule has 2 aliphatic rings. The number of nitrogens with one attached hydrogen (secondary N) is 5. The summed E-state index contributed by atoms with van der Waals surface area (Å²) < 4.78 is 28.2. The molecule has 83 heavy (non-hydrogen) atoms. The number of aromatic nitrogens is 2. The number of pyridine rings is 2. The van der Waals surface area contributed by atoms with Gasteiger partial charge in [-0.15, -0.1) is 0 Å². The Kier molecular flexibility index (Phi) is 24.4. The van der Waals surface area contributed by atoms with Crippen LogP contribution in [0.2, 0.25) is 0 Å². The number of Topliss-reactive ketones (excluding diaryl/α,β-unsaturated/α-hetero) is 1. The fraction of sp³-hybridized carbons (Fsp3) is 0.644. The third-order valence-corrected chi connectivity index (χ3v) is 16.5. The molecule has 2 aromatic heterocycles. The van der Waals surface area contributed by atoms with Crippen molar-refractivity contribution in [3.63, 3.8) is 0 Å². The molecule has 3 aromatic rings. The van der Waals surface area contributed by atoms with Crippen LogP contribution < -0.4 is 32.1 Å². The Labute approximate surface area is 482 Å². The van der Waals surface area contributed by atoms with Crippen LogP contribution in [0.5, 0.6) is 0 Å². The third-order valence-electron chi connectivity index (χ3n) is 16.5. The minimum atomic E-state index is -1.99. The molecule has 0 bridgehead atoms. The van der Waals surface area contributed by atoms with Gasteiger partial charge in [0.1, 0.15) is 61.4 Å². The van der Waals surface area contributed by atoms with Gasteiger partial charge >= 0.3 is 5.97 Å². The fourth-order valence-corrected chi connectivity index (χ4v) is 10.5. The number of hydrogen-bond donors (Lipinski definition) is 11. The first kappa shape index (κ1) is 67.5. The molecule has 0 fully saturated rings. The van der Waals surface area contributed by atoms with Gasteiger partial charge in [0.2, 0.25) is 29.5 Å². The van der Waals surface area contributed by atoms with Crippen LogP contribution >= 0.6 is 0 Å². The molecule has 24 heteroatoms. The number of amides is 5. The topological polar surface area (TPSA) is 354 Å². The average Bonchev–Trinajstić information content (AvgIpc) is 4.05. The van der Waals surface area contributed by atoms with Gasteiger partial charge in [-0.05, 0) is 107 Å². The van der Waals surface area contributed by atoms with Gasteiger partial charge in [-0.2, -0.15) is 0 Å². The minimum absolute atomic E-state index is 0.00569. The maximum atomic E-state index is 15.7. The van der Waals surface area contributed by atoms with Gasteiger partial charge in [0.25, 0.3) is 5.56 Å². The average molecular weight is 1170 g/mol. The summed E-state index contributed by atoms with van der Waals surface area (Å²) in [6.07, 6.45) is -3.68. The molecule has 0 saturated heterocycles. The van der Waals surface area contributed by atoms with Crippen LogP contribution in [0.3, 0.4) is 0 Å². The molecule has 0 spiro atoms. The molecule has 1 aromatic carbocycles. The summed E-state index contributed by atoms with van der Waals surface area (Å²) in [6.45, 7) is 14.3. The number of carbonyl (C=O) groups excluding carboxylic acids is 7. The number of unbranched alkanes of at least 4 members (excludes halogenated alkanes) is 2. The van der Waals surface area contributed by atoms with Crippen LogP contribution in [0.25, 0.3) is 22.3 Å². The Morgan fingerprint density at radius 2 is 1.51 bits per heavy atom. The van der Waals surface area contributed by atoms with Crippen molar-refractivity contribution in [3.05, 3.63) is 61.7 Å². The lowest BCUT2D eigenvalue weighted by molar-refractivity contribution is -0.172. The van der Waals surface area contributed by atoms with Crippen LogP contribution in [-0.4, -0.2) is 151 Å². The van der Waals surface area contributed by atoms with Crippen LogP contribution in [0.15, 0.2) is 16.9 Å². The fourth-order valence-electron chi connectivity index (χ4n) is 10.5. The zero-order chi connectivity index (χ0) is 61.7. The SMILES string of the molecule is CCc1c2c(nc3cc(F)c(C)c(CCCCOCNC(=O)[C@H](C)NC(=O)[C@@H](NC(=O)[C@H](CCC(=O)NC[C@H](O)[C@@H](O)[C@H](O)[C@H](O)CO)NC(=O)CCCCC(=O)C(C)(CC)CC)C(C)C)c13)-c1cc3c(c(=O)n1C2)COC(=O)[C@]3(O)CC. The van der Waals surface area contributed by atoms with Gasteiger partial charge in [-0.1, -0.05) is 48.5 Å². The van der Waals surface area contributed by atoms with E-state index in [0.29, 0.717) is 73.8 Å². The highest BCUT2D eigenvalue weighted by Gasteiger charge is 2.46. The summed E-state index contributed by atoms with van der Waals surface area (Å²) in [6, 6.07) is -0.675. The Bertz CT molecular complexity index is 2910. The van der Waals surface area contributed by atoms with E-state index < -0.39 is 126 Å². The normalized spacial score (nSPS) is 17.2. The van der Waals surface area contributed by atoms with Crippen LogP contribution in [0.4, 0.5) is 4.39 Å². The quantitative estimate of drug-likeness (QED) is 0.0184.